The number of nitrogens with one attached hydrogen (secondary N) is 1. The summed E-state index contributed by atoms with van der Waals surface area (Å²) in [5, 5.41) is 3.86. The standard InChI is InChI=1S/C26H21BrFN3O3S/c1-32-16-7-9-22(33-2)20(14-16)31-25(24(30-26(31)35)19-5-3-4-12-29-19)23-11-10-21(34-23)17-8-6-15(27)13-18(17)28/h3-14,24-25H,1-2H3,(H,30,35)/t24-,25+/m1/s1. The van der Waals surface area contributed by atoms with Crippen LogP contribution in [0.4, 0.5) is 10.1 Å². The van der Waals surface area contributed by atoms with Crippen molar-refractivity contribution in [3.8, 4) is 22.8 Å². The number of furan rings is 1. The summed E-state index contributed by atoms with van der Waals surface area (Å²) < 4.78 is 32.7. The molecule has 35 heavy (non-hydrogen) atoms. The number of nitrogens with zero attached hydrogens (tertiary/aromatic N) is 2. The van der Waals surface area contributed by atoms with Crippen LogP contribution >= 0.6 is 28.1 Å². The van der Waals surface area contributed by atoms with Crippen LogP contribution in [-0.2, 0) is 0 Å². The second-order valence-electron chi connectivity index (χ2n) is 7.86. The van der Waals surface area contributed by atoms with Crippen molar-refractivity contribution in [1.82, 2.24) is 10.3 Å². The highest BCUT2D eigenvalue weighted by Crippen LogP contribution is 2.46. The number of halogens is 2. The Balaban J connectivity index is 1.65. The second kappa shape index (κ2) is 9.67. The molecule has 1 fully saturated rings. The molecule has 2 atom stereocenters. The Morgan fingerprint density at radius 3 is 2.63 bits per heavy atom. The van der Waals surface area contributed by atoms with Gasteiger partial charge in [0.25, 0.3) is 0 Å². The van der Waals surface area contributed by atoms with E-state index in [-0.39, 0.29) is 11.9 Å². The zero-order chi connectivity index (χ0) is 24.5. The average Bonchev–Trinajstić information content (AvgIpc) is 3.48. The molecule has 4 aromatic rings. The Morgan fingerprint density at radius 1 is 1.06 bits per heavy atom. The van der Waals surface area contributed by atoms with Crippen molar-refractivity contribution >= 4 is 38.9 Å². The molecule has 1 aliphatic rings. The molecule has 3 heterocycles. The predicted molar refractivity (Wildman–Crippen MR) is 139 cm³/mol. The molecule has 0 spiro atoms. The molecule has 2 aromatic heterocycles. The van der Waals surface area contributed by atoms with E-state index in [2.05, 4.69) is 26.2 Å². The van der Waals surface area contributed by atoms with Crippen molar-refractivity contribution in [2.75, 3.05) is 19.1 Å². The molecule has 0 saturated carbocycles. The fourth-order valence-electron chi connectivity index (χ4n) is 4.23. The number of anilines is 1. The van der Waals surface area contributed by atoms with Gasteiger partial charge >= 0.3 is 0 Å². The summed E-state index contributed by atoms with van der Waals surface area (Å²) in [6.07, 6.45) is 1.73. The second-order valence-corrected chi connectivity index (χ2v) is 9.16. The molecule has 0 aliphatic carbocycles. The minimum Gasteiger partial charge on any atom is -0.497 e. The minimum absolute atomic E-state index is 0.326. The first-order chi connectivity index (χ1) is 17.0. The largest absolute Gasteiger partial charge is 0.497 e. The topological polar surface area (TPSA) is 59.8 Å². The van der Waals surface area contributed by atoms with Crippen molar-refractivity contribution in [2.45, 2.75) is 12.1 Å². The Hall–Kier alpha value is -3.43. The maximum absolute atomic E-state index is 14.7. The summed E-state index contributed by atoms with van der Waals surface area (Å²) in [5.74, 6) is 1.90. The van der Waals surface area contributed by atoms with E-state index in [1.54, 1.807) is 38.6 Å². The lowest BCUT2D eigenvalue weighted by atomic mass is 10.0. The number of methoxy groups -OCH3 is 2. The summed E-state index contributed by atoms with van der Waals surface area (Å²) in [6.45, 7) is 0. The first-order valence-electron chi connectivity index (χ1n) is 10.8. The van der Waals surface area contributed by atoms with Crippen LogP contribution in [0.5, 0.6) is 11.5 Å². The monoisotopic (exact) mass is 553 g/mol. The molecule has 1 N–H and O–H groups in total. The van der Waals surface area contributed by atoms with E-state index in [9.17, 15) is 4.39 Å². The Bertz CT molecular complexity index is 1380. The number of rotatable bonds is 6. The van der Waals surface area contributed by atoms with Crippen molar-refractivity contribution in [1.29, 1.82) is 0 Å². The van der Waals surface area contributed by atoms with E-state index in [0.717, 1.165) is 5.69 Å². The van der Waals surface area contributed by atoms with Gasteiger partial charge in [-0.05, 0) is 66.8 Å². The number of ether oxygens (including phenoxy) is 2. The van der Waals surface area contributed by atoms with E-state index in [1.165, 1.54) is 6.07 Å². The van der Waals surface area contributed by atoms with Crippen LogP contribution in [0.15, 0.2) is 81.8 Å². The molecule has 0 amide bonds. The summed E-state index contributed by atoms with van der Waals surface area (Å²) in [6, 6.07) is 18.9. The zero-order valence-electron chi connectivity index (χ0n) is 18.9. The van der Waals surface area contributed by atoms with Crippen LogP contribution in [0, 0.1) is 5.82 Å². The predicted octanol–water partition coefficient (Wildman–Crippen LogP) is 6.44. The van der Waals surface area contributed by atoms with Gasteiger partial charge in [0.05, 0.1) is 37.2 Å². The number of benzene rings is 2. The fraction of sp³-hybridized carbons (Fsp3) is 0.154. The zero-order valence-corrected chi connectivity index (χ0v) is 21.3. The fourth-order valence-corrected chi connectivity index (χ4v) is 4.91. The lowest BCUT2D eigenvalue weighted by Crippen LogP contribution is -2.29. The van der Waals surface area contributed by atoms with Crippen molar-refractivity contribution in [3.05, 3.63) is 94.7 Å². The molecule has 0 unspecified atom stereocenters. The molecule has 178 valence electrons. The van der Waals surface area contributed by atoms with Crippen LogP contribution in [0.3, 0.4) is 0 Å². The molecule has 5 rings (SSSR count). The molecule has 1 aliphatic heterocycles. The third-order valence-electron chi connectivity index (χ3n) is 5.86. The van der Waals surface area contributed by atoms with Crippen LogP contribution in [0.1, 0.15) is 23.5 Å². The van der Waals surface area contributed by atoms with Gasteiger partial charge in [0.15, 0.2) is 5.11 Å². The quantitative estimate of drug-likeness (QED) is 0.276. The molecule has 9 heteroatoms. The van der Waals surface area contributed by atoms with Crippen molar-refractivity contribution < 1.29 is 18.3 Å². The van der Waals surface area contributed by atoms with E-state index < -0.39 is 6.04 Å². The van der Waals surface area contributed by atoms with E-state index in [1.807, 2.05) is 47.4 Å². The van der Waals surface area contributed by atoms with Gasteiger partial charge < -0.3 is 24.1 Å². The molecular formula is C26H21BrFN3O3S. The summed E-state index contributed by atoms with van der Waals surface area (Å²) in [4.78, 5) is 6.48. The maximum Gasteiger partial charge on any atom is 0.174 e. The maximum atomic E-state index is 14.7. The Morgan fingerprint density at radius 2 is 1.91 bits per heavy atom. The first kappa shape index (κ1) is 23.3. The summed E-state index contributed by atoms with van der Waals surface area (Å²) in [7, 11) is 3.20. The number of pyridine rings is 1. The normalized spacial score (nSPS) is 17.4. The van der Waals surface area contributed by atoms with E-state index in [4.69, 9.17) is 26.1 Å². The molecule has 1 saturated heterocycles. The van der Waals surface area contributed by atoms with Crippen LogP contribution in [-0.4, -0.2) is 24.3 Å². The van der Waals surface area contributed by atoms with Crippen LogP contribution < -0.4 is 19.7 Å². The van der Waals surface area contributed by atoms with Gasteiger partial charge in [-0.15, -0.1) is 0 Å². The van der Waals surface area contributed by atoms with Gasteiger partial charge in [-0.25, -0.2) is 4.39 Å². The Kier molecular flexibility index (Phi) is 6.44. The minimum atomic E-state index is -0.425. The molecular weight excluding hydrogens is 533 g/mol. The third-order valence-corrected chi connectivity index (χ3v) is 6.67. The molecule has 0 radical (unpaired) electrons. The number of hydrogen-bond donors (Lipinski definition) is 1. The van der Waals surface area contributed by atoms with Gasteiger partial charge in [0, 0.05) is 16.7 Å². The van der Waals surface area contributed by atoms with Gasteiger partial charge in [0.2, 0.25) is 0 Å². The Labute approximate surface area is 215 Å². The highest BCUT2D eigenvalue weighted by molar-refractivity contribution is 9.10. The number of hydrogen-bond acceptors (Lipinski definition) is 5. The lowest BCUT2D eigenvalue weighted by Gasteiger charge is -2.27. The molecule has 0 bridgehead atoms. The SMILES string of the molecule is COc1ccc(OC)c(N2C(=S)N[C@H](c3ccccn3)[C@@H]2c2ccc(-c3ccc(Br)cc3F)o2)c1. The average molecular weight is 554 g/mol. The number of aromatic nitrogens is 1. The molecule has 6 nitrogen and oxygen atoms in total. The van der Waals surface area contributed by atoms with Gasteiger partial charge in [-0.1, -0.05) is 22.0 Å². The first-order valence-corrected chi connectivity index (χ1v) is 12.0. The summed E-state index contributed by atoms with van der Waals surface area (Å²) in [5.41, 5.74) is 1.87. The number of thiocarbonyl (C=S) groups is 1. The van der Waals surface area contributed by atoms with Crippen LogP contribution in [0.2, 0.25) is 0 Å². The smallest absolute Gasteiger partial charge is 0.174 e. The van der Waals surface area contributed by atoms with Crippen LogP contribution in [0.25, 0.3) is 11.3 Å². The van der Waals surface area contributed by atoms with Gasteiger partial charge in [-0.3, -0.25) is 4.98 Å². The van der Waals surface area contributed by atoms with E-state index in [0.29, 0.717) is 43.9 Å². The highest BCUT2D eigenvalue weighted by atomic mass is 79.9. The third kappa shape index (κ3) is 4.37. The lowest BCUT2D eigenvalue weighted by molar-refractivity contribution is 0.400. The molecule has 2 aromatic carbocycles. The van der Waals surface area contributed by atoms with Crippen molar-refractivity contribution in [3.63, 3.8) is 0 Å². The van der Waals surface area contributed by atoms with E-state index >= 15 is 0 Å². The van der Waals surface area contributed by atoms with Gasteiger partial charge in [0.1, 0.15) is 34.9 Å². The highest BCUT2D eigenvalue weighted by Gasteiger charge is 2.43. The van der Waals surface area contributed by atoms with Gasteiger partial charge in [-0.2, -0.15) is 0 Å². The van der Waals surface area contributed by atoms with Crippen molar-refractivity contribution in [2.24, 2.45) is 0 Å². The summed E-state index contributed by atoms with van der Waals surface area (Å²) >= 11 is 9.08.